The molecule has 0 heterocycles. The largest absolute Gasteiger partial charge is 0.507 e. The van der Waals surface area contributed by atoms with E-state index in [1.807, 2.05) is 55.4 Å². The van der Waals surface area contributed by atoms with Crippen molar-refractivity contribution in [3.8, 4) is 46.0 Å². The Labute approximate surface area is 607 Å². The lowest BCUT2D eigenvalue weighted by atomic mass is 9.73. The second-order valence-electron chi connectivity index (χ2n) is 29.5. The summed E-state index contributed by atoms with van der Waals surface area (Å²) in [5.41, 5.74) is 2.89. The summed E-state index contributed by atoms with van der Waals surface area (Å²) in [6.07, 6.45) is 0.394. The first-order valence-electron chi connectivity index (χ1n) is 35.8. The van der Waals surface area contributed by atoms with Crippen molar-refractivity contribution in [1.29, 1.82) is 0 Å². The van der Waals surface area contributed by atoms with E-state index in [2.05, 4.69) is 21.3 Å². The summed E-state index contributed by atoms with van der Waals surface area (Å²) in [6.45, 7) is 13.5. The Morgan fingerprint density at radius 1 is 0.279 bits per heavy atom. The molecule has 0 fully saturated rings. The highest BCUT2D eigenvalue weighted by molar-refractivity contribution is 5.76. The highest BCUT2D eigenvalue weighted by atomic mass is 16.4. The van der Waals surface area contributed by atoms with E-state index >= 15 is 0 Å². The summed E-state index contributed by atoms with van der Waals surface area (Å²) in [4.78, 5) is 53.2. The second kappa shape index (κ2) is 34.9. The van der Waals surface area contributed by atoms with Gasteiger partial charge in [0.2, 0.25) is 0 Å². The molecule has 20 heteroatoms. The number of rotatable bonds is 32. The van der Waals surface area contributed by atoms with Crippen LogP contribution in [0, 0.1) is 23.7 Å². The second-order valence-corrected chi connectivity index (χ2v) is 29.5. The van der Waals surface area contributed by atoms with Gasteiger partial charge in [0.15, 0.2) is 0 Å². The Morgan fingerprint density at radius 3 is 0.567 bits per heavy atom. The number of carboxylic acid groups (broad SMARTS) is 4. The predicted octanol–water partition coefficient (Wildman–Crippen LogP) is 13.5. The van der Waals surface area contributed by atoms with Crippen LogP contribution < -0.4 is 21.3 Å². The van der Waals surface area contributed by atoms with Gasteiger partial charge in [-0.25, -0.2) is 0 Å². The third kappa shape index (κ3) is 18.6. The molecular formula is C84H100N4O16. The molecule has 0 radical (unpaired) electrons. The number of aromatic hydroxyl groups is 8. The summed E-state index contributed by atoms with van der Waals surface area (Å²) in [5.74, 6) is -14.6. The quantitative estimate of drug-likeness (QED) is 0.0186. The molecule has 20 nitrogen and oxygen atoms in total. The molecule has 0 aliphatic heterocycles. The minimum atomic E-state index is -1.29. The van der Waals surface area contributed by atoms with Gasteiger partial charge in [-0.15, -0.1) is 0 Å². The maximum absolute atomic E-state index is 13.4. The summed E-state index contributed by atoms with van der Waals surface area (Å²) >= 11 is 0. The SMILES string of the molecule is CC(C)CC1c2cc(c(O)c(CN[C@@H](Cc3ccccc3)C(=O)O)c2O)C(CC(C)C)c2cc(c(O)c(CN[C@@H](Cc3ccccc3)C(=O)O)c2O)C(CC(C)C)c2cc(c(O)c(CN[C@@H](Cc3ccccc3)C(=O)O)c2O)C(CC(C)C)c2cc1c(O)c(CN[C@@H](Cc1ccccc1)C(=O)O)c2O. The van der Waals surface area contributed by atoms with Crippen LogP contribution in [0.2, 0.25) is 0 Å². The molecule has 0 amide bonds. The fourth-order valence-electron chi connectivity index (χ4n) is 14.7. The summed E-state index contributed by atoms with van der Waals surface area (Å²) < 4.78 is 0. The van der Waals surface area contributed by atoms with Gasteiger partial charge >= 0.3 is 23.9 Å². The number of fused-ring (bicyclic) bond motifs is 8. The number of carbonyl (C=O) groups is 4. The van der Waals surface area contributed by atoms with Crippen LogP contribution in [0.4, 0.5) is 0 Å². The molecule has 0 saturated carbocycles. The van der Waals surface area contributed by atoms with Crippen LogP contribution in [-0.4, -0.2) is 109 Å². The molecule has 8 aromatic rings. The number of hydrogen-bond donors (Lipinski definition) is 16. The van der Waals surface area contributed by atoms with E-state index in [9.17, 15) is 80.5 Å². The molecule has 1 aliphatic rings. The summed E-state index contributed by atoms with van der Waals surface area (Å²) in [5, 5.41) is 163. The molecule has 16 N–H and O–H groups in total. The minimum Gasteiger partial charge on any atom is -0.507 e. The molecule has 552 valence electrons. The molecule has 0 spiro atoms. The van der Waals surface area contributed by atoms with Crippen molar-refractivity contribution in [3.05, 3.63) is 235 Å². The van der Waals surface area contributed by atoms with Crippen LogP contribution in [0.1, 0.15) is 194 Å². The minimum absolute atomic E-state index is 0.0162. The standard InChI is InChI=1S/C84H100N4O16/c1-45(2)29-53-57-37-59(75(91)65(73(57)89)41-85-69(81(97)98)33-49-21-13-9-14-22-49)54(30-46(3)4)61-39-63(79(95)67(77(61)93)43-87-71(83(101)102)35-51-25-17-11-18-26-51)56(32-48(7)8)64-40-62(78(94)68(80(64)96)44-88-72(84(103)104)36-52-27-19-12-20-28-52)55(31-47(5)6)60-38-58(53)74(90)66(76(60)92)42-86-70(82(99)100)34-50-23-15-10-16-24-50/h9-28,37-40,45-48,53-56,69-72,85-96H,29-36,41-44H2,1-8H3,(H,97,98)(H,99,100)(H,101,102)(H,103,104)/t53?,54?,55?,56?,69-,70-,71-,72-/m0/s1. The number of carboxylic acids is 4. The summed E-state index contributed by atoms with van der Waals surface area (Å²) in [7, 11) is 0. The van der Waals surface area contributed by atoms with Crippen LogP contribution in [0.3, 0.4) is 0 Å². The van der Waals surface area contributed by atoms with E-state index in [0.717, 1.165) is 0 Å². The smallest absolute Gasteiger partial charge is 0.321 e. The van der Waals surface area contributed by atoms with Crippen LogP contribution in [-0.2, 0) is 71.0 Å². The van der Waals surface area contributed by atoms with Gasteiger partial charge in [0, 0.05) is 94.4 Å². The first-order valence-corrected chi connectivity index (χ1v) is 35.8. The average molecular weight is 1420 g/mol. The van der Waals surface area contributed by atoms with Crippen LogP contribution >= 0.6 is 0 Å². The topological polar surface area (TPSA) is 359 Å². The Balaban J connectivity index is 1.43. The van der Waals surface area contributed by atoms with Gasteiger partial charge in [0.05, 0.1) is 22.3 Å². The van der Waals surface area contributed by atoms with Crippen molar-refractivity contribution in [2.24, 2.45) is 23.7 Å². The van der Waals surface area contributed by atoms with E-state index in [4.69, 9.17) is 0 Å². The van der Waals surface area contributed by atoms with Crippen molar-refractivity contribution in [2.75, 3.05) is 0 Å². The lowest BCUT2D eigenvalue weighted by molar-refractivity contribution is -0.140. The first-order chi connectivity index (χ1) is 49.5. The van der Waals surface area contributed by atoms with Gasteiger partial charge in [-0.3, -0.25) is 40.4 Å². The summed E-state index contributed by atoms with van der Waals surface area (Å²) in [6, 6.07) is 36.8. The monoisotopic (exact) mass is 1420 g/mol. The predicted molar refractivity (Wildman–Crippen MR) is 398 cm³/mol. The van der Waals surface area contributed by atoms with Crippen LogP contribution in [0.25, 0.3) is 0 Å². The maximum atomic E-state index is 13.4. The molecular weight excluding hydrogens is 1320 g/mol. The van der Waals surface area contributed by atoms with E-state index in [0.29, 0.717) is 22.3 Å². The Kier molecular flexibility index (Phi) is 26.2. The van der Waals surface area contributed by atoms with E-state index < -0.39 is 144 Å². The number of benzene rings is 8. The lowest BCUT2D eigenvalue weighted by Gasteiger charge is -2.33. The number of phenolic OH excluding ortho intramolecular Hbond substituents is 8. The fraction of sp³-hybridized carbons (Fsp3) is 0.381. The van der Waals surface area contributed by atoms with E-state index in [1.165, 1.54) is 0 Å². The fourth-order valence-corrected chi connectivity index (χ4v) is 14.7. The molecule has 104 heavy (non-hydrogen) atoms. The zero-order chi connectivity index (χ0) is 75.4. The van der Waals surface area contributed by atoms with Crippen molar-refractivity contribution < 1.29 is 80.5 Å². The van der Waals surface area contributed by atoms with E-state index in [1.54, 1.807) is 146 Å². The van der Waals surface area contributed by atoms with Crippen LogP contribution in [0.5, 0.6) is 46.0 Å². The van der Waals surface area contributed by atoms with Crippen molar-refractivity contribution in [1.82, 2.24) is 21.3 Å². The zero-order valence-corrected chi connectivity index (χ0v) is 60.3. The van der Waals surface area contributed by atoms with Crippen molar-refractivity contribution in [2.45, 2.75) is 181 Å². The molecule has 0 aromatic heterocycles. The van der Waals surface area contributed by atoms with Crippen LogP contribution in [0.15, 0.2) is 146 Å². The molecule has 8 aromatic carbocycles. The van der Waals surface area contributed by atoms with E-state index in [-0.39, 0.29) is 142 Å². The van der Waals surface area contributed by atoms with Gasteiger partial charge in [-0.2, -0.15) is 0 Å². The Morgan fingerprint density at radius 2 is 0.433 bits per heavy atom. The van der Waals surface area contributed by atoms with Gasteiger partial charge in [0.25, 0.3) is 0 Å². The maximum Gasteiger partial charge on any atom is 0.321 e. The molecule has 1 aliphatic carbocycles. The number of hydrogen-bond acceptors (Lipinski definition) is 16. The van der Waals surface area contributed by atoms with Gasteiger partial charge in [-0.1, -0.05) is 177 Å². The number of phenols is 8. The lowest BCUT2D eigenvalue weighted by Crippen LogP contribution is -2.38. The van der Waals surface area contributed by atoms with Gasteiger partial charge < -0.3 is 61.3 Å². The highest BCUT2D eigenvalue weighted by Gasteiger charge is 2.39. The third-order valence-electron chi connectivity index (χ3n) is 20.0. The zero-order valence-electron chi connectivity index (χ0n) is 60.3. The average Bonchev–Trinajstić information content (AvgIpc) is 0.738. The molecule has 0 unspecified atom stereocenters. The molecule has 4 atom stereocenters. The normalized spacial score (nSPS) is 16.3. The number of nitrogens with one attached hydrogen (secondary N) is 4. The highest BCUT2D eigenvalue weighted by Crippen LogP contribution is 2.56. The van der Waals surface area contributed by atoms with Crippen molar-refractivity contribution >= 4 is 23.9 Å². The first kappa shape index (κ1) is 78.0. The molecule has 8 bridgehead atoms. The molecule has 9 rings (SSSR count). The van der Waals surface area contributed by atoms with Crippen molar-refractivity contribution in [3.63, 3.8) is 0 Å². The Hall–Kier alpha value is -10.1. The number of aliphatic carboxylic acids is 4. The van der Waals surface area contributed by atoms with Gasteiger partial charge in [-0.05, 0) is 122 Å². The molecule has 0 saturated heterocycles. The Bertz CT molecular complexity index is 3640. The third-order valence-corrected chi connectivity index (χ3v) is 20.0. The van der Waals surface area contributed by atoms with Gasteiger partial charge in [0.1, 0.15) is 70.2 Å².